The Morgan fingerprint density at radius 2 is 2.00 bits per heavy atom. The van der Waals surface area contributed by atoms with Crippen LogP contribution >= 0.6 is 0 Å². The van der Waals surface area contributed by atoms with E-state index in [2.05, 4.69) is 10.5 Å². The Bertz CT molecular complexity index is 711. The number of carbonyl (C=O) groups is 1. The predicted molar refractivity (Wildman–Crippen MR) is 79.3 cm³/mol. The third-order valence-corrected chi connectivity index (χ3v) is 2.78. The number of amides is 1. The summed E-state index contributed by atoms with van der Waals surface area (Å²) in [6.07, 6.45) is 1.26. The number of carbonyl (C=O) groups excluding carboxylic acids is 1. The maximum Gasteiger partial charge on any atom is 0.278 e. The Kier molecular flexibility index (Phi) is 4.40. The van der Waals surface area contributed by atoms with Crippen LogP contribution in [0.4, 0.5) is 5.69 Å². The highest BCUT2D eigenvalue weighted by molar-refractivity contribution is 5.95. The minimum absolute atomic E-state index is 0.0638. The first-order valence-corrected chi connectivity index (χ1v) is 6.21. The van der Waals surface area contributed by atoms with Gasteiger partial charge in [0.05, 0.1) is 16.7 Å². The van der Waals surface area contributed by atoms with Crippen LogP contribution in [-0.4, -0.2) is 17.0 Å². The predicted octanol–water partition coefficient (Wildman–Crippen LogP) is 2.67. The van der Waals surface area contributed by atoms with Gasteiger partial charge in [0.25, 0.3) is 11.6 Å². The van der Waals surface area contributed by atoms with Crippen molar-refractivity contribution < 1.29 is 9.72 Å². The van der Waals surface area contributed by atoms with Crippen LogP contribution in [0.3, 0.4) is 0 Å². The lowest BCUT2D eigenvalue weighted by Crippen LogP contribution is -2.17. The van der Waals surface area contributed by atoms with Gasteiger partial charge in [-0.25, -0.2) is 5.43 Å². The molecular weight excluding hydrogens is 270 g/mol. The first kappa shape index (κ1) is 14.4. The van der Waals surface area contributed by atoms with Gasteiger partial charge in [-0.2, -0.15) is 5.10 Å². The van der Waals surface area contributed by atoms with Gasteiger partial charge in [0, 0.05) is 11.6 Å². The molecule has 106 valence electrons. The number of hydrogen-bond acceptors (Lipinski definition) is 4. The van der Waals surface area contributed by atoms with Gasteiger partial charge < -0.3 is 0 Å². The molecule has 0 saturated heterocycles. The van der Waals surface area contributed by atoms with Crippen LogP contribution in [0.2, 0.25) is 0 Å². The van der Waals surface area contributed by atoms with Crippen molar-refractivity contribution in [2.75, 3.05) is 0 Å². The second-order valence-electron chi connectivity index (χ2n) is 4.38. The molecule has 0 spiro atoms. The molecule has 2 rings (SSSR count). The number of hydrazone groups is 1. The molecule has 2 aromatic carbocycles. The zero-order valence-electron chi connectivity index (χ0n) is 11.3. The lowest BCUT2D eigenvalue weighted by atomic mass is 10.1. The number of para-hydroxylation sites is 1. The standard InChI is InChI=1S/C15H13N3O3/c1-11-5-4-7-12(9-11)15(19)17-16-10-13-6-2-3-8-14(13)18(20)21/h2-10H,1H3,(H,17,19). The van der Waals surface area contributed by atoms with Gasteiger partial charge in [0.1, 0.15) is 0 Å². The minimum atomic E-state index is -0.496. The average Bonchev–Trinajstić information content (AvgIpc) is 2.47. The molecule has 0 unspecified atom stereocenters. The number of nitro benzene ring substituents is 1. The lowest BCUT2D eigenvalue weighted by molar-refractivity contribution is -0.385. The molecule has 6 heteroatoms. The topological polar surface area (TPSA) is 84.6 Å². The van der Waals surface area contributed by atoms with Gasteiger partial charge in [0.2, 0.25) is 0 Å². The van der Waals surface area contributed by atoms with Crippen molar-refractivity contribution in [1.29, 1.82) is 0 Å². The maximum absolute atomic E-state index is 11.8. The molecule has 6 nitrogen and oxygen atoms in total. The average molecular weight is 283 g/mol. The van der Waals surface area contributed by atoms with E-state index in [-0.39, 0.29) is 11.6 Å². The van der Waals surface area contributed by atoms with Crippen molar-refractivity contribution in [2.45, 2.75) is 6.92 Å². The molecule has 0 aliphatic heterocycles. The van der Waals surface area contributed by atoms with Crippen LogP contribution in [-0.2, 0) is 0 Å². The summed E-state index contributed by atoms with van der Waals surface area (Å²) in [6.45, 7) is 1.88. The Morgan fingerprint density at radius 3 is 2.71 bits per heavy atom. The number of aryl methyl sites for hydroxylation is 1. The number of benzene rings is 2. The van der Waals surface area contributed by atoms with Gasteiger partial charge in [-0.1, -0.05) is 29.8 Å². The first-order valence-electron chi connectivity index (χ1n) is 6.21. The quantitative estimate of drug-likeness (QED) is 0.532. The lowest BCUT2D eigenvalue weighted by Gasteiger charge is -2.01. The minimum Gasteiger partial charge on any atom is -0.267 e. The second-order valence-corrected chi connectivity index (χ2v) is 4.38. The largest absolute Gasteiger partial charge is 0.278 e. The van der Waals surface area contributed by atoms with E-state index in [0.717, 1.165) is 5.56 Å². The van der Waals surface area contributed by atoms with E-state index < -0.39 is 4.92 Å². The molecule has 0 aliphatic rings. The Morgan fingerprint density at radius 1 is 1.24 bits per heavy atom. The number of rotatable bonds is 4. The van der Waals surface area contributed by atoms with Crippen molar-refractivity contribution in [3.05, 3.63) is 75.3 Å². The molecule has 0 heterocycles. The van der Waals surface area contributed by atoms with Gasteiger partial charge >= 0.3 is 0 Å². The van der Waals surface area contributed by atoms with E-state index in [9.17, 15) is 14.9 Å². The van der Waals surface area contributed by atoms with E-state index in [4.69, 9.17) is 0 Å². The van der Waals surface area contributed by atoms with E-state index in [0.29, 0.717) is 11.1 Å². The summed E-state index contributed by atoms with van der Waals surface area (Å²) in [6, 6.07) is 13.2. The van der Waals surface area contributed by atoms with Crippen molar-refractivity contribution in [3.63, 3.8) is 0 Å². The maximum atomic E-state index is 11.8. The normalized spacial score (nSPS) is 10.5. The molecule has 2 aromatic rings. The Balaban J connectivity index is 2.09. The van der Waals surface area contributed by atoms with Gasteiger partial charge in [-0.3, -0.25) is 14.9 Å². The summed E-state index contributed by atoms with van der Waals surface area (Å²) in [4.78, 5) is 22.2. The summed E-state index contributed by atoms with van der Waals surface area (Å²) in [5, 5.41) is 14.6. The Hall–Kier alpha value is -3.02. The molecule has 0 atom stereocenters. The van der Waals surface area contributed by atoms with E-state index in [1.165, 1.54) is 12.3 Å². The number of nitrogens with zero attached hydrogens (tertiary/aromatic N) is 2. The summed E-state index contributed by atoms with van der Waals surface area (Å²) < 4.78 is 0. The molecule has 0 saturated carbocycles. The fraction of sp³-hybridized carbons (Fsp3) is 0.0667. The fourth-order valence-electron chi connectivity index (χ4n) is 1.77. The van der Waals surface area contributed by atoms with Gasteiger partial charge in [-0.05, 0) is 25.1 Å². The first-order chi connectivity index (χ1) is 10.1. The van der Waals surface area contributed by atoms with Crippen molar-refractivity contribution in [2.24, 2.45) is 5.10 Å². The SMILES string of the molecule is Cc1cccc(C(=O)NN=Cc2ccccc2[N+](=O)[O-])c1. The van der Waals surface area contributed by atoms with Crippen LogP contribution in [0.5, 0.6) is 0 Å². The summed E-state index contributed by atoms with van der Waals surface area (Å²) in [5.74, 6) is -0.367. The smallest absolute Gasteiger partial charge is 0.267 e. The van der Waals surface area contributed by atoms with Crippen LogP contribution < -0.4 is 5.43 Å². The molecule has 1 N–H and O–H groups in total. The zero-order valence-corrected chi connectivity index (χ0v) is 11.3. The van der Waals surface area contributed by atoms with Crippen LogP contribution in [0.25, 0.3) is 0 Å². The van der Waals surface area contributed by atoms with Gasteiger partial charge in [0.15, 0.2) is 0 Å². The number of nitro groups is 1. The Labute approximate surface area is 121 Å². The molecule has 0 fully saturated rings. The summed E-state index contributed by atoms with van der Waals surface area (Å²) in [5.41, 5.74) is 4.06. The zero-order chi connectivity index (χ0) is 15.2. The third kappa shape index (κ3) is 3.73. The molecular formula is C15H13N3O3. The fourth-order valence-corrected chi connectivity index (χ4v) is 1.77. The monoisotopic (exact) mass is 283 g/mol. The second kappa shape index (κ2) is 6.42. The van der Waals surface area contributed by atoms with Crippen LogP contribution in [0.1, 0.15) is 21.5 Å². The highest BCUT2D eigenvalue weighted by Crippen LogP contribution is 2.15. The number of hydrogen-bond donors (Lipinski definition) is 1. The van der Waals surface area contributed by atoms with Crippen LogP contribution in [0.15, 0.2) is 53.6 Å². The molecule has 21 heavy (non-hydrogen) atoms. The highest BCUT2D eigenvalue weighted by atomic mass is 16.6. The van der Waals surface area contributed by atoms with Crippen molar-refractivity contribution in [3.8, 4) is 0 Å². The van der Waals surface area contributed by atoms with E-state index >= 15 is 0 Å². The van der Waals surface area contributed by atoms with Gasteiger partial charge in [-0.15, -0.1) is 0 Å². The summed E-state index contributed by atoms with van der Waals surface area (Å²) >= 11 is 0. The molecule has 0 aliphatic carbocycles. The van der Waals surface area contributed by atoms with Crippen molar-refractivity contribution in [1.82, 2.24) is 5.43 Å². The third-order valence-electron chi connectivity index (χ3n) is 2.78. The van der Waals surface area contributed by atoms with E-state index in [1.807, 2.05) is 13.0 Å². The van der Waals surface area contributed by atoms with Crippen LogP contribution in [0, 0.1) is 17.0 Å². The number of nitrogens with one attached hydrogen (secondary N) is 1. The highest BCUT2D eigenvalue weighted by Gasteiger charge is 2.10. The summed E-state index contributed by atoms with van der Waals surface area (Å²) in [7, 11) is 0. The van der Waals surface area contributed by atoms with Crippen molar-refractivity contribution >= 4 is 17.8 Å². The van der Waals surface area contributed by atoms with E-state index in [1.54, 1.807) is 36.4 Å². The molecule has 0 radical (unpaired) electrons. The molecule has 0 aromatic heterocycles. The molecule has 0 bridgehead atoms. The molecule has 1 amide bonds.